The fraction of sp³-hybridized carbons (Fsp3) is 0.385. The van der Waals surface area contributed by atoms with E-state index < -0.39 is 16.9 Å². The van der Waals surface area contributed by atoms with Crippen molar-refractivity contribution in [1.82, 2.24) is 5.32 Å². The topological polar surface area (TPSA) is 98.5 Å². The lowest BCUT2D eigenvalue weighted by Crippen LogP contribution is -2.40. The number of ether oxygens (including phenoxy) is 1. The van der Waals surface area contributed by atoms with Gasteiger partial charge in [-0.1, -0.05) is 0 Å². The molecule has 0 spiro atoms. The molecular weight excluding hydrogens is 296 g/mol. The lowest BCUT2D eigenvalue weighted by molar-refractivity contribution is -0.384. The number of rotatable bonds is 7. The molecule has 1 rings (SSSR count). The van der Waals surface area contributed by atoms with Crippen LogP contribution in [0.5, 0.6) is 0 Å². The molecule has 0 fully saturated rings. The van der Waals surface area contributed by atoms with Crippen LogP contribution in [0.2, 0.25) is 0 Å². The van der Waals surface area contributed by atoms with E-state index in [0.717, 1.165) is 4.90 Å². The number of non-ortho nitro benzene ring substituents is 1. The van der Waals surface area contributed by atoms with Crippen LogP contribution >= 0.6 is 11.8 Å². The lowest BCUT2D eigenvalue weighted by atomic mass is 10.3. The highest BCUT2D eigenvalue weighted by atomic mass is 32.2. The van der Waals surface area contributed by atoms with Crippen LogP contribution in [0.15, 0.2) is 29.2 Å². The second-order valence-electron chi connectivity index (χ2n) is 4.08. The number of nitrogens with zero attached hydrogens (tertiary/aromatic N) is 1. The smallest absolute Gasteiger partial charge is 0.328 e. The molecule has 0 heterocycles. The number of nitro benzene ring substituents is 1. The van der Waals surface area contributed by atoms with E-state index in [9.17, 15) is 19.7 Å². The summed E-state index contributed by atoms with van der Waals surface area (Å²) >= 11 is 1.23. The normalized spacial score (nSPS) is 11.5. The monoisotopic (exact) mass is 312 g/mol. The predicted octanol–water partition coefficient (Wildman–Crippen LogP) is 1.75. The van der Waals surface area contributed by atoms with Gasteiger partial charge in [0.25, 0.3) is 5.69 Å². The van der Waals surface area contributed by atoms with Crippen molar-refractivity contribution in [2.45, 2.75) is 24.8 Å². The number of thioether (sulfide) groups is 1. The highest BCUT2D eigenvalue weighted by Crippen LogP contribution is 2.21. The Morgan fingerprint density at radius 2 is 2.00 bits per heavy atom. The molecule has 1 N–H and O–H groups in total. The summed E-state index contributed by atoms with van der Waals surface area (Å²) in [6, 6.07) is 5.20. The van der Waals surface area contributed by atoms with Crippen LogP contribution in [0.25, 0.3) is 0 Å². The Hall–Kier alpha value is -2.09. The first kappa shape index (κ1) is 17.0. The van der Waals surface area contributed by atoms with Gasteiger partial charge >= 0.3 is 5.97 Å². The largest absolute Gasteiger partial charge is 0.464 e. The first-order valence-corrected chi connectivity index (χ1v) is 7.25. The minimum atomic E-state index is -0.699. The molecule has 0 saturated carbocycles. The van der Waals surface area contributed by atoms with Crippen LogP contribution in [0.3, 0.4) is 0 Å². The van der Waals surface area contributed by atoms with Gasteiger partial charge in [-0.3, -0.25) is 14.9 Å². The number of hydrogen-bond donors (Lipinski definition) is 1. The summed E-state index contributed by atoms with van der Waals surface area (Å²) in [4.78, 5) is 33.8. The molecule has 1 atom stereocenters. The maximum atomic E-state index is 11.7. The third-order valence-corrected chi connectivity index (χ3v) is 3.45. The zero-order valence-electron chi connectivity index (χ0n) is 11.7. The standard InChI is InChI=1S/C13H16N2O5S/c1-3-20-13(17)9(2)14-12(16)8-21-11-6-4-10(5-7-11)15(18)19/h4-7,9H,3,8H2,1-2H3,(H,14,16). The van der Waals surface area contributed by atoms with Crippen LogP contribution in [-0.2, 0) is 14.3 Å². The van der Waals surface area contributed by atoms with Crippen LogP contribution in [0, 0.1) is 10.1 Å². The number of esters is 1. The summed E-state index contributed by atoms with van der Waals surface area (Å²) in [6.45, 7) is 3.50. The van der Waals surface area contributed by atoms with Gasteiger partial charge in [0.2, 0.25) is 5.91 Å². The molecule has 0 aromatic heterocycles. The summed E-state index contributed by atoms with van der Waals surface area (Å²) < 4.78 is 4.78. The lowest BCUT2D eigenvalue weighted by Gasteiger charge is -2.12. The van der Waals surface area contributed by atoms with Crippen LogP contribution in [0.4, 0.5) is 5.69 Å². The zero-order chi connectivity index (χ0) is 15.8. The minimum absolute atomic E-state index is 0.000246. The molecule has 21 heavy (non-hydrogen) atoms. The number of nitrogens with one attached hydrogen (secondary N) is 1. The third-order valence-electron chi connectivity index (χ3n) is 2.44. The van der Waals surface area contributed by atoms with E-state index in [4.69, 9.17) is 4.74 Å². The molecule has 7 nitrogen and oxygen atoms in total. The second kappa shape index (κ2) is 8.25. The van der Waals surface area contributed by atoms with E-state index in [0.29, 0.717) is 0 Å². The zero-order valence-corrected chi connectivity index (χ0v) is 12.5. The second-order valence-corrected chi connectivity index (χ2v) is 5.13. The molecule has 1 aromatic rings. The third kappa shape index (κ3) is 5.82. The van der Waals surface area contributed by atoms with Gasteiger partial charge in [-0.2, -0.15) is 0 Å². The summed E-state index contributed by atoms with van der Waals surface area (Å²) in [5, 5.41) is 13.0. The fourth-order valence-electron chi connectivity index (χ4n) is 1.42. The number of hydrogen-bond acceptors (Lipinski definition) is 6. The van der Waals surface area contributed by atoms with E-state index in [1.54, 1.807) is 26.0 Å². The van der Waals surface area contributed by atoms with Gasteiger partial charge in [-0.05, 0) is 26.0 Å². The van der Waals surface area contributed by atoms with Gasteiger partial charge < -0.3 is 10.1 Å². The molecule has 1 aromatic carbocycles. The molecule has 1 amide bonds. The fourth-order valence-corrected chi connectivity index (χ4v) is 2.13. The summed E-state index contributed by atoms with van der Waals surface area (Å²) in [7, 11) is 0. The molecule has 114 valence electrons. The Bertz CT molecular complexity index is 518. The van der Waals surface area contributed by atoms with Crippen molar-refractivity contribution >= 4 is 29.3 Å². The molecular formula is C13H16N2O5S. The van der Waals surface area contributed by atoms with Gasteiger partial charge in [-0.15, -0.1) is 11.8 Å². The van der Waals surface area contributed by atoms with Crippen molar-refractivity contribution in [1.29, 1.82) is 0 Å². The maximum Gasteiger partial charge on any atom is 0.328 e. The van der Waals surface area contributed by atoms with Crippen molar-refractivity contribution < 1.29 is 19.2 Å². The summed E-state index contributed by atoms with van der Waals surface area (Å²) in [5.41, 5.74) is -0.000246. The van der Waals surface area contributed by atoms with Crippen LogP contribution in [0.1, 0.15) is 13.8 Å². The first-order chi connectivity index (χ1) is 9.93. The highest BCUT2D eigenvalue weighted by molar-refractivity contribution is 8.00. The van der Waals surface area contributed by atoms with Crippen molar-refractivity contribution in [3.8, 4) is 0 Å². The van der Waals surface area contributed by atoms with Gasteiger partial charge in [-0.25, -0.2) is 4.79 Å². The Kier molecular flexibility index (Phi) is 6.67. The molecule has 0 bridgehead atoms. The van der Waals surface area contributed by atoms with Crippen molar-refractivity contribution in [3.05, 3.63) is 34.4 Å². The van der Waals surface area contributed by atoms with E-state index in [1.807, 2.05) is 0 Å². The SMILES string of the molecule is CCOC(=O)C(C)NC(=O)CSc1ccc([N+](=O)[O-])cc1. The van der Waals surface area contributed by atoms with Gasteiger partial charge in [0.1, 0.15) is 6.04 Å². The van der Waals surface area contributed by atoms with Crippen molar-refractivity contribution in [2.75, 3.05) is 12.4 Å². The number of nitro groups is 1. The highest BCUT2D eigenvalue weighted by Gasteiger charge is 2.16. The molecule has 0 aliphatic carbocycles. The number of carbonyl (C=O) groups excluding carboxylic acids is 2. The van der Waals surface area contributed by atoms with Crippen LogP contribution in [-0.4, -0.2) is 35.2 Å². The van der Waals surface area contributed by atoms with E-state index in [-0.39, 0.29) is 24.0 Å². The van der Waals surface area contributed by atoms with Crippen molar-refractivity contribution in [3.63, 3.8) is 0 Å². The molecule has 0 saturated heterocycles. The average molecular weight is 312 g/mol. The molecule has 8 heteroatoms. The first-order valence-electron chi connectivity index (χ1n) is 6.27. The molecule has 0 aliphatic rings. The Morgan fingerprint density at radius 3 is 2.52 bits per heavy atom. The Balaban J connectivity index is 2.42. The van der Waals surface area contributed by atoms with Gasteiger partial charge in [0.05, 0.1) is 17.3 Å². The summed E-state index contributed by atoms with van der Waals surface area (Å²) in [5.74, 6) is -0.674. The molecule has 0 aliphatic heterocycles. The van der Waals surface area contributed by atoms with E-state index >= 15 is 0 Å². The quantitative estimate of drug-likeness (QED) is 0.356. The Labute approximate surface area is 126 Å². The Morgan fingerprint density at radius 1 is 1.38 bits per heavy atom. The average Bonchev–Trinajstić information content (AvgIpc) is 2.45. The number of carbonyl (C=O) groups is 2. The van der Waals surface area contributed by atoms with Crippen molar-refractivity contribution in [2.24, 2.45) is 0 Å². The minimum Gasteiger partial charge on any atom is -0.464 e. The molecule has 1 unspecified atom stereocenters. The van der Waals surface area contributed by atoms with Gasteiger partial charge in [0.15, 0.2) is 0 Å². The predicted molar refractivity (Wildman–Crippen MR) is 78.1 cm³/mol. The molecule has 0 radical (unpaired) electrons. The summed E-state index contributed by atoms with van der Waals surface area (Å²) in [6.07, 6.45) is 0. The maximum absolute atomic E-state index is 11.7. The van der Waals surface area contributed by atoms with E-state index in [2.05, 4.69) is 5.32 Å². The van der Waals surface area contributed by atoms with Crippen LogP contribution < -0.4 is 5.32 Å². The number of benzene rings is 1. The number of amides is 1. The van der Waals surface area contributed by atoms with E-state index in [1.165, 1.54) is 23.9 Å². The van der Waals surface area contributed by atoms with Gasteiger partial charge in [0, 0.05) is 17.0 Å².